The van der Waals surface area contributed by atoms with Gasteiger partial charge in [-0.05, 0) is 49.4 Å². The molecule has 0 bridgehead atoms. The lowest BCUT2D eigenvalue weighted by molar-refractivity contribution is -0.113. The first-order valence-corrected chi connectivity index (χ1v) is 10.8. The first kappa shape index (κ1) is 21.1. The van der Waals surface area contributed by atoms with Crippen molar-refractivity contribution in [1.82, 2.24) is 14.8 Å². The van der Waals surface area contributed by atoms with Gasteiger partial charge in [-0.3, -0.25) is 9.36 Å². The molecule has 0 atom stereocenters. The number of amides is 1. The second-order valence-corrected chi connectivity index (χ2v) is 8.21. The Kier molecular flexibility index (Phi) is 6.34. The Labute approximate surface area is 188 Å². The van der Waals surface area contributed by atoms with Crippen LogP contribution in [0.5, 0.6) is 0 Å². The van der Waals surface area contributed by atoms with Crippen LogP contribution in [0.4, 0.5) is 10.1 Å². The van der Waals surface area contributed by atoms with E-state index in [2.05, 4.69) is 15.5 Å². The smallest absolute Gasteiger partial charge is 0.234 e. The van der Waals surface area contributed by atoms with Crippen LogP contribution >= 0.6 is 23.4 Å². The molecule has 4 rings (SSSR count). The SMILES string of the molecule is Cc1ccc(-c2nnc(SCC(=O)Nc3cccc(F)c3)n2-c2ccc(Cl)cc2)cc1. The van der Waals surface area contributed by atoms with Crippen LogP contribution in [0.25, 0.3) is 17.1 Å². The lowest BCUT2D eigenvalue weighted by Gasteiger charge is -2.11. The van der Waals surface area contributed by atoms with Crippen LogP contribution in [0.2, 0.25) is 5.02 Å². The Bertz CT molecular complexity index is 1210. The zero-order valence-corrected chi connectivity index (χ0v) is 18.1. The second kappa shape index (κ2) is 9.32. The van der Waals surface area contributed by atoms with Crippen molar-refractivity contribution in [3.63, 3.8) is 0 Å². The number of carbonyl (C=O) groups is 1. The van der Waals surface area contributed by atoms with Crippen LogP contribution < -0.4 is 5.32 Å². The molecule has 156 valence electrons. The average molecular weight is 453 g/mol. The number of aromatic nitrogens is 3. The molecule has 31 heavy (non-hydrogen) atoms. The number of anilines is 1. The molecule has 0 aliphatic carbocycles. The summed E-state index contributed by atoms with van der Waals surface area (Å²) in [6, 6.07) is 21.1. The number of halogens is 2. The van der Waals surface area contributed by atoms with E-state index in [0.29, 0.717) is 21.7 Å². The molecule has 0 spiro atoms. The monoisotopic (exact) mass is 452 g/mol. The van der Waals surface area contributed by atoms with Crippen molar-refractivity contribution in [2.45, 2.75) is 12.1 Å². The highest BCUT2D eigenvalue weighted by Crippen LogP contribution is 2.29. The minimum absolute atomic E-state index is 0.0934. The minimum atomic E-state index is -0.407. The van der Waals surface area contributed by atoms with Gasteiger partial charge >= 0.3 is 0 Å². The highest BCUT2D eigenvalue weighted by atomic mass is 35.5. The third kappa shape index (κ3) is 5.13. The molecule has 5 nitrogen and oxygen atoms in total. The zero-order chi connectivity index (χ0) is 21.8. The van der Waals surface area contributed by atoms with Gasteiger partial charge in [0.05, 0.1) is 5.75 Å². The van der Waals surface area contributed by atoms with Crippen LogP contribution in [0, 0.1) is 12.7 Å². The van der Waals surface area contributed by atoms with Crippen LogP contribution in [-0.4, -0.2) is 26.4 Å². The molecule has 0 saturated heterocycles. The molecule has 1 heterocycles. The van der Waals surface area contributed by atoms with Crippen molar-refractivity contribution in [1.29, 1.82) is 0 Å². The lowest BCUT2D eigenvalue weighted by Crippen LogP contribution is -2.14. The van der Waals surface area contributed by atoms with Crippen molar-refractivity contribution in [2.75, 3.05) is 11.1 Å². The fraction of sp³-hybridized carbons (Fsp3) is 0.0870. The van der Waals surface area contributed by atoms with Crippen molar-refractivity contribution in [3.05, 3.63) is 89.2 Å². The van der Waals surface area contributed by atoms with E-state index in [1.54, 1.807) is 24.3 Å². The molecule has 0 aliphatic heterocycles. The quantitative estimate of drug-likeness (QED) is 0.377. The van der Waals surface area contributed by atoms with Crippen molar-refractivity contribution < 1.29 is 9.18 Å². The first-order valence-electron chi connectivity index (χ1n) is 9.46. The van der Waals surface area contributed by atoms with E-state index in [9.17, 15) is 9.18 Å². The maximum atomic E-state index is 13.3. The normalized spacial score (nSPS) is 10.8. The number of carbonyl (C=O) groups excluding carboxylic acids is 1. The number of thioether (sulfide) groups is 1. The van der Waals surface area contributed by atoms with Crippen LogP contribution in [0.3, 0.4) is 0 Å². The molecular weight excluding hydrogens is 435 g/mol. The summed E-state index contributed by atoms with van der Waals surface area (Å²) in [6.45, 7) is 2.02. The molecule has 0 unspecified atom stereocenters. The maximum absolute atomic E-state index is 13.3. The standard InChI is InChI=1S/C23H18ClFN4OS/c1-15-5-7-16(8-6-15)22-27-28-23(29(22)20-11-9-17(24)10-12-20)31-14-21(30)26-19-4-2-3-18(25)13-19/h2-13H,14H2,1H3,(H,26,30). The molecule has 4 aromatic rings. The number of nitrogens with zero attached hydrogens (tertiary/aromatic N) is 3. The molecule has 0 saturated carbocycles. The van der Waals surface area contributed by atoms with Crippen molar-refractivity contribution >= 4 is 35.0 Å². The van der Waals surface area contributed by atoms with Crippen molar-refractivity contribution in [3.8, 4) is 17.1 Å². The number of nitrogens with one attached hydrogen (secondary N) is 1. The summed E-state index contributed by atoms with van der Waals surface area (Å²) in [5.74, 6) is 0.0834. The van der Waals surface area contributed by atoms with E-state index in [1.165, 1.54) is 23.9 Å². The van der Waals surface area contributed by atoms with Gasteiger partial charge in [0.25, 0.3) is 0 Å². The van der Waals surface area contributed by atoms with E-state index in [-0.39, 0.29) is 11.7 Å². The highest BCUT2D eigenvalue weighted by molar-refractivity contribution is 7.99. The molecule has 0 aliphatic rings. The van der Waals surface area contributed by atoms with Gasteiger partial charge in [-0.15, -0.1) is 10.2 Å². The van der Waals surface area contributed by atoms with Crippen LogP contribution in [-0.2, 0) is 4.79 Å². The highest BCUT2D eigenvalue weighted by Gasteiger charge is 2.17. The predicted octanol–water partition coefficient (Wildman–Crippen LogP) is 5.77. The van der Waals surface area contributed by atoms with Crippen LogP contribution in [0.1, 0.15) is 5.56 Å². The third-order valence-corrected chi connectivity index (χ3v) is 5.65. The Morgan fingerprint density at radius 1 is 1.06 bits per heavy atom. The zero-order valence-electron chi connectivity index (χ0n) is 16.5. The fourth-order valence-corrected chi connectivity index (χ4v) is 3.85. The summed E-state index contributed by atoms with van der Waals surface area (Å²) in [7, 11) is 0. The predicted molar refractivity (Wildman–Crippen MR) is 122 cm³/mol. The molecule has 8 heteroatoms. The maximum Gasteiger partial charge on any atom is 0.234 e. The Balaban J connectivity index is 1.60. The van der Waals surface area contributed by atoms with E-state index >= 15 is 0 Å². The summed E-state index contributed by atoms with van der Waals surface area (Å²) in [5.41, 5.74) is 3.29. The van der Waals surface area contributed by atoms with Gasteiger partial charge in [0, 0.05) is 22.0 Å². The third-order valence-electron chi connectivity index (χ3n) is 4.47. The van der Waals surface area contributed by atoms with Gasteiger partial charge in [0.15, 0.2) is 11.0 Å². The van der Waals surface area contributed by atoms with Crippen LogP contribution in [0.15, 0.2) is 78.0 Å². The Morgan fingerprint density at radius 2 is 1.81 bits per heavy atom. The topological polar surface area (TPSA) is 59.8 Å². The Hall–Kier alpha value is -3.16. The van der Waals surface area contributed by atoms with Gasteiger partial charge in [0.1, 0.15) is 5.82 Å². The number of hydrogen-bond acceptors (Lipinski definition) is 4. The largest absolute Gasteiger partial charge is 0.325 e. The summed E-state index contributed by atoms with van der Waals surface area (Å²) < 4.78 is 15.2. The average Bonchev–Trinajstić information content (AvgIpc) is 3.17. The molecule has 1 amide bonds. The van der Waals surface area contributed by atoms with E-state index in [0.717, 1.165) is 16.8 Å². The van der Waals surface area contributed by atoms with Gasteiger partial charge < -0.3 is 5.32 Å². The summed E-state index contributed by atoms with van der Waals surface area (Å²) in [4.78, 5) is 12.4. The number of rotatable bonds is 6. The fourth-order valence-electron chi connectivity index (χ4n) is 2.97. The van der Waals surface area contributed by atoms with E-state index in [4.69, 9.17) is 11.6 Å². The summed E-state index contributed by atoms with van der Waals surface area (Å²) in [6.07, 6.45) is 0. The van der Waals surface area contributed by atoms with E-state index < -0.39 is 5.82 Å². The lowest BCUT2D eigenvalue weighted by atomic mass is 10.1. The summed E-state index contributed by atoms with van der Waals surface area (Å²) >= 11 is 7.30. The minimum Gasteiger partial charge on any atom is -0.325 e. The first-order chi connectivity index (χ1) is 15.0. The van der Waals surface area contributed by atoms with Gasteiger partial charge in [-0.2, -0.15) is 0 Å². The Morgan fingerprint density at radius 3 is 2.52 bits per heavy atom. The molecule has 3 aromatic carbocycles. The number of benzene rings is 3. The number of hydrogen-bond donors (Lipinski definition) is 1. The van der Waals surface area contributed by atoms with Crippen molar-refractivity contribution in [2.24, 2.45) is 0 Å². The van der Waals surface area contributed by atoms with Gasteiger partial charge in [-0.25, -0.2) is 4.39 Å². The molecule has 1 aromatic heterocycles. The number of aryl methyl sites for hydroxylation is 1. The molecular formula is C23H18ClFN4OS. The summed E-state index contributed by atoms with van der Waals surface area (Å²) in [5, 5.41) is 12.6. The van der Waals surface area contributed by atoms with Gasteiger partial charge in [0.2, 0.25) is 5.91 Å². The molecule has 0 fully saturated rings. The second-order valence-electron chi connectivity index (χ2n) is 6.83. The van der Waals surface area contributed by atoms with Gasteiger partial charge in [-0.1, -0.05) is 59.3 Å². The molecule has 0 radical (unpaired) electrons. The molecule has 1 N–H and O–H groups in total. The van der Waals surface area contributed by atoms with E-state index in [1.807, 2.05) is 47.9 Å².